The van der Waals surface area contributed by atoms with Crippen molar-refractivity contribution in [2.45, 2.75) is 52.1 Å². The van der Waals surface area contributed by atoms with Gasteiger partial charge in [0.15, 0.2) is 0 Å². The lowest BCUT2D eigenvalue weighted by atomic mass is 9.85. The fraction of sp³-hybridized carbons (Fsp3) is 0.769. The zero-order valence-corrected chi connectivity index (χ0v) is 10.2. The number of carboxylic acids is 1. The highest BCUT2D eigenvalue weighted by atomic mass is 16.5. The van der Waals surface area contributed by atoms with E-state index in [0.29, 0.717) is 18.3 Å². The van der Waals surface area contributed by atoms with Crippen LogP contribution >= 0.6 is 0 Å². The quantitative estimate of drug-likeness (QED) is 0.733. The van der Waals surface area contributed by atoms with Crippen LogP contribution in [-0.4, -0.2) is 23.8 Å². The third-order valence-corrected chi connectivity index (χ3v) is 3.37. The van der Waals surface area contributed by atoms with E-state index in [1.54, 1.807) is 13.0 Å². The monoisotopic (exact) mass is 226 g/mol. The number of carbonyl (C=O) groups is 1. The lowest BCUT2D eigenvalue weighted by Crippen LogP contribution is -2.22. The maximum atomic E-state index is 10.6. The Morgan fingerprint density at radius 1 is 1.50 bits per heavy atom. The van der Waals surface area contributed by atoms with Crippen molar-refractivity contribution < 1.29 is 14.6 Å². The minimum atomic E-state index is -0.862. The van der Waals surface area contributed by atoms with Crippen molar-refractivity contribution in [3.05, 3.63) is 11.6 Å². The largest absolute Gasteiger partial charge is 0.478 e. The number of carboxylic acid groups (broad SMARTS) is 1. The molecule has 0 saturated heterocycles. The third-order valence-electron chi connectivity index (χ3n) is 3.37. The molecule has 0 aromatic carbocycles. The van der Waals surface area contributed by atoms with Gasteiger partial charge in [0.25, 0.3) is 0 Å². The van der Waals surface area contributed by atoms with Crippen LogP contribution in [0.1, 0.15) is 46.0 Å². The van der Waals surface area contributed by atoms with Crippen LogP contribution in [-0.2, 0) is 9.53 Å². The topological polar surface area (TPSA) is 46.5 Å². The van der Waals surface area contributed by atoms with Gasteiger partial charge in [0.1, 0.15) is 0 Å². The van der Waals surface area contributed by atoms with Gasteiger partial charge in [-0.1, -0.05) is 26.2 Å². The van der Waals surface area contributed by atoms with E-state index in [-0.39, 0.29) is 0 Å². The van der Waals surface area contributed by atoms with Gasteiger partial charge in [0, 0.05) is 5.57 Å². The van der Waals surface area contributed by atoms with Crippen molar-refractivity contribution in [2.75, 3.05) is 6.61 Å². The van der Waals surface area contributed by atoms with Crippen LogP contribution in [0.2, 0.25) is 0 Å². The van der Waals surface area contributed by atoms with Gasteiger partial charge in [-0.05, 0) is 31.8 Å². The van der Waals surface area contributed by atoms with Gasteiger partial charge in [0.2, 0.25) is 0 Å². The molecular formula is C13H22O3. The van der Waals surface area contributed by atoms with E-state index in [9.17, 15) is 4.79 Å². The zero-order chi connectivity index (χ0) is 12.0. The smallest absolute Gasteiger partial charge is 0.331 e. The fourth-order valence-corrected chi connectivity index (χ4v) is 2.16. The Morgan fingerprint density at radius 3 is 2.88 bits per heavy atom. The summed E-state index contributed by atoms with van der Waals surface area (Å²) >= 11 is 0. The Kier molecular flexibility index (Phi) is 5.53. The third kappa shape index (κ3) is 4.35. The van der Waals surface area contributed by atoms with Crippen LogP contribution < -0.4 is 0 Å². The predicted molar refractivity (Wildman–Crippen MR) is 63.4 cm³/mol. The molecule has 0 aromatic heterocycles. The standard InChI is InChI=1S/C13H22O3/c1-3-11-5-4-6-12(9-11)16-8-7-10(2)13(14)15/h7,11-12H,3-6,8-9H2,1-2H3,(H,14,15). The van der Waals surface area contributed by atoms with E-state index in [1.165, 1.54) is 19.3 Å². The fourth-order valence-electron chi connectivity index (χ4n) is 2.16. The molecule has 1 rings (SSSR count). The number of ether oxygens (including phenoxy) is 1. The first kappa shape index (κ1) is 13.2. The second kappa shape index (κ2) is 6.69. The molecule has 2 unspecified atom stereocenters. The van der Waals surface area contributed by atoms with Crippen molar-refractivity contribution in [2.24, 2.45) is 5.92 Å². The molecule has 1 saturated carbocycles. The number of rotatable bonds is 5. The Labute approximate surface area is 97.5 Å². The Balaban J connectivity index is 2.27. The molecule has 0 amide bonds. The molecule has 0 bridgehead atoms. The average molecular weight is 226 g/mol. The molecule has 0 radical (unpaired) electrons. The summed E-state index contributed by atoms with van der Waals surface area (Å²) in [6, 6.07) is 0. The van der Waals surface area contributed by atoms with Gasteiger partial charge in [0.05, 0.1) is 12.7 Å². The lowest BCUT2D eigenvalue weighted by molar-refractivity contribution is -0.132. The van der Waals surface area contributed by atoms with Gasteiger partial charge < -0.3 is 9.84 Å². The summed E-state index contributed by atoms with van der Waals surface area (Å²) in [6.07, 6.45) is 8.02. The molecule has 1 N–H and O–H groups in total. The normalized spacial score (nSPS) is 26.8. The first-order chi connectivity index (χ1) is 7.63. The van der Waals surface area contributed by atoms with Crippen molar-refractivity contribution >= 4 is 5.97 Å². The first-order valence-corrected chi connectivity index (χ1v) is 6.15. The van der Waals surface area contributed by atoms with Crippen molar-refractivity contribution in [3.8, 4) is 0 Å². The van der Waals surface area contributed by atoms with Crippen LogP contribution in [0, 0.1) is 5.92 Å². The average Bonchev–Trinajstić information content (AvgIpc) is 2.29. The zero-order valence-electron chi connectivity index (χ0n) is 10.2. The molecule has 3 nitrogen and oxygen atoms in total. The molecule has 1 fully saturated rings. The molecule has 3 heteroatoms. The van der Waals surface area contributed by atoms with Crippen LogP contribution in [0.3, 0.4) is 0 Å². The summed E-state index contributed by atoms with van der Waals surface area (Å²) in [5.74, 6) is -0.0676. The molecule has 0 aromatic rings. The highest BCUT2D eigenvalue weighted by molar-refractivity contribution is 5.85. The van der Waals surface area contributed by atoms with Gasteiger partial charge in [-0.15, -0.1) is 0 Å². The summed E-state index contributed by atoms with van der Waals surface area (Å²) < 4.78 is 5.70. The van der Waals surface area contributed by atoms with E-state index in [1.807, 2.05) is 0 Å². The minimum absolute atomic E-state index is 0.330. The second-order valence-electron chi connectivity index (χ2n) is 4.59. The van der Waals surface area contributed by atoms with Crippen LogP contribution in [0.5, 0.6) is 0 Å². The number of hydrogen-bond donors (Lipinski definition) is 1. The van der Waals surface area contributed by atoms with E-state index in [0.717, 1.165) is 18.8 Å². The van der Waals surface area contributed by atoms with Crippen LogP contribution in [0.15, 0.2) is 11.6 Å². The molecular weight excluding hydrogens is 204 g/mol. The number of hydrogen-bond acceptors (Lipinski definition) is 2. The SMILES string of the molecule is CCC1CCCC(OCC=C(C)C(=O)O)C1. The Morgan fingerprint density at radius 2 is 2.25 bits per heavy atom. The van der Waals surface area contributed by atoms with E-state index >= 15 is 0 Å². The maximum absolute atomic E-state index is 10.6. The van der Waals surface area contributed by atoms with Crippen LogP contribution in [0.4, 0.5) is 0 Å². The summed E-state index contributed by atoms with van der Waals surface area (Å²) in [5.41, 5.74) is 0.364. The molecule has 1 aliphatic carbocycles. The van der Waals surface area contributed by atoms with Crippen molar-refractivity contribution in [1.82, 2.24) is 0 Å². The van der Waals surface area contributed by atoms with E-state index in [2.05, 4.69) is 6.92 Å². The number of aliphatic carboxylic acids is 1. The predicted octanol–water partition coefficient (Wildman–Crippen LogP) is 3.00. The Hall–Kier alpha value is -0.830. The maximum Gasteiger partial charge on any atom is 0.331 e. The van der Waals surface area contributed by atoms with E-state index in [4.69, 9.17) is 9.84 Å². The first-order valence-electron chi connectivity index (χ1n) is 6.15. The summed E-state index contributed by atoms with van der Waals surface area (Å²) in [7, 11) is 0. The molecule has 2 atom stereocenters. The molecule has 0 aliphatic heterocycles. The summed E-state index contributed by atoms with van der Waals surface area (Å²) in [5, 5.41) is 8.68. The van der Waals surface area contributed by atoms with Gasteiger partial charge in [-0.3, -0.25) is 0 Å². The van der Waals surface area contributed by atoms with Crippen molar-refractivity contribution in [3.63, 3.8) is 0 Å². The van der Waals surface area contributed by atoms with Gasteiger partial charge in [-0.25, -0.2) is 4.79 Å². The summed E-state index contributed by atoms with van der Waals surface area (Å²) in [6.45, 7) is 4.25. The van der Waals surface area contributed by atoms with Gasteiger partial charge in [-0.2, -0.15) is 0 Å². The molecule has 0 heterocycles. The van der Waals surface area contributed by atoms with Crippen LogP contribution in [0.25, 0.3) is 0 Å². The Bertz CT molecular complexity index is 258. The summed E-state index contributed by atoms with van der Waals surface area (Å²) in [4.78, 5) is 10.6. The molecule has 16 heavy (non-hydrogen) atoms. The lowest BCUT2D eigenvalue weighted by Gasteiger charge is -2.28. The highest BCUT2D eigenvalue weighted by Crippen LogP contribution is 2.28. The minimum Gasteiger partial charge on any atom is -0.478 e. The van der Waals surface area contributed by atoms with E-state index < -0.39 is 5.97 Å². The molecule has 92 valence electrons. The molecule has 0 spiro atoms. The highest BCUT2D eigenvalue weighted by Gasteiger charge is 2.20. The van der Waals surface area contributed by atoms with Gasteiger partial charge >= 0.3 is 5.97 Å². The molecule has 1 aliphatic rings. The second-order valence-corrected chi connectivity index (χ2v) is 4.59. The van der Waals surface area contributed by atoms with Crippen molar-refractivity contribution in [1.29, 1.82) is 0 Å².